The molecule has 4 nitrogen and oxygen atoms in total. The standard InChI is InChI=1S/C15H23N3O/c1-3-17(14-8-6-5-7-13(14)16)11-15(19)18(4-2)12-9-10-12/h5-8,12H,3-4,9-11,16H2,1-2H3. The minimum Gasteiger partial charge on any atom is -0.397 e. The number of carbonyl (C=O) groups is 1. The molecule has 0 bridgehead atoms. The van der Waals surface area contributed by atoms with Crippen LogP contribution in [-0.4, -0.2) is 36.5 Å². The van der Waals surface area contributed by atoms with Crippen molar-refractivity contribution in [2.75, 3.05) is 30.3 Å². The molecule has 1 aliphatic carbocycles. The van der Waals surface area contributed by atoms with Gasteiger partial charge >= 0.3 is 0 Å². The van der Waals surface area contributed by atoms with E-state index in [1.54, 1.807) is 0 Å². The number of likely N-dealkylation sites (N-methyl/N-ethyl adjacent to an activating group) is 2. The molecule has 2 rings (SSSR count). The highest BCUT2D eigenvalue weighted by atomic mass is 16.2. The van der Waals surface area contributed by atoms with Crippen molar-refractivity contribution < 1.29 is 4.79 Å². The molecule has 0 saturated heterocycles. The van der Waals surface area contributed by atoms with Crippen molar-refractivity contribution in [3.05, 3.63) is 24.3 Å². The van der Waals surface area contributed by atoms with Gasteiger partial charge in [-0.15, -0.1) is 0 Å². The fourth-order valence-corrected chi connectivity index (χ4v) is 2.42. The average molecular weight is 261 g/mol. The van der Waals surface area contributed by atoms with Gasteiger partial charge in [-0.2, -0.15) is 0 Å². The molecule has 1 fully saturated rings. The zero-order valence-corrected chi connectivity index (χ0v) is 11.8. The lowest BCUT2D eigenvalue weighted by atomic mass is 10.2. The monoisotopic (exact) mass is 261 g/mol. The van der Waals surface area contributed by atoms with Crippen LogP contribution in [0.3, 0.4) is 0 Å². The van der Waals surface area contributed by atoms with E-state index >= 15 is 0 Å². The van der Waals surface area contributed by atoms with Gasteiger partial charge in [-0.25, -0.2) is 0 Å². The second kappa shape index (κ2) is 5.95. The van der Waals surface area contributed by atoms with Crippen molar-refractivity contribution in [2.45, 2.75) is 32.7 Å². The normalized spacial score (nSPS) is 14.2. The number of carbonyl (C=O) groups excluding carboxylic acids is 1. The molecule has 4 heteroatoms. The van der Waals surface area contributed by atoms with Gasteiger partial charge in [-0.05, 0) is 38.8 Å². The first-order chi connectivity index (χ1) is 9.17. The molecule has 0 radical (unpaired) electrons. The summed E-state index contributed by atoms with van der Waals surface area (Å²) in [4.78, 5) is 16.4. The Bertz CT molecular complexity index is 443. The van der Waals surface area contributed by atoms with Crippen molar-refractivity contribution >= 4 is 17.3 Å². The third-order valence-corrected chi connectivity index (χ3v) is 3.63. The van der Waals surface area contributed by atoms with Crippen LogP contribution in [0.2, 0.25) is 0 Å². The molecule has 0 unspecified atom stereocenters. The Morgan fingerprint density at radius 1 is 1.26 bits per heavy atom. The number of para-hydroxylation sites is 2. The molecule has 2 N–H and O–H groups in total. The second-order valence-electron chi connectivity index (χ2n) is 4.98. The van der Waals surface area contributed by atoms with E-state index in [2.05, 4.69) is 0 Å². The number of hydrogen-bond acceptors (Lipinski definition) is 3. The first kappa shape index (κ1) is 13.7. The molecular formula is C15H23N3O. The molecule has 19 heavy (non-hydrogen) atoms. The highest BCUT2D eigenvalue weighted by molar-refractivity contribution is 5.83. The summed E-state index contributed by atoms with van der Waals surface area (Å²) in [5.74, 6) is 0.204. The predicted octanol–water partition coefficient (Wildman–Crippen LogP) is 2.11. The molecule has 1 aromatic rings. The molecule has 0 aromatic heterocycles. The largest absolute Gasteiger partial charge is 0.397 e. The third-order valence-electron chi connectivity index (χ3n) is 3.63. The van der Waals surface area contributed by atoms with E-state index in [0.29, 0.717) is 12.6 Å². The number of benzene rings is 1. The van der Waals surface area contributed by atoms with Crippen molar-refractivity contribution in [1.29, 1.82) is 0 Å². The van der Waals surface area contributed by atoms with E-state index in [-0.39, 0.29) is 5.91 Å². The van der Waals surface area contributed by atoms with Gasteiger partial charge in [0.25, 0.3) is 0 Å². The lowest BCUT2D eigenvalue weighted by Crippen LogP contribution is -2.41. The maximum Gasteiger partial charge on any atom is 0.242 e. The third kappa shape index (κ3) is 3.19. The number of anilines is 2. The highest BCUT2D eigenvalue weighted by Crippen LogP contribution is 2.27. The minimum absolute atomic E-state index is 0.204. The first-order valence-electron chi connectivity index (χ1n) is 7.06. The maximum atomic E-state index is 12.4. The number of rotatable bonds is 6. The highest BCUT2D eigenvalue weighted by Gasteiger charge is 2.31. The summed E-state index contributed by atoms with van der Waals surface area (Å²) in [5.41, 5.74) is 7.66. The molecule has 0 spiro atoms. The van der Waals surface area contributed by atoms with Crippen molar-refractivity contribution in [3.63, 3.8) is 0 Å². The van der Waals surface area contributed by atoms with Crippen molar-refractivity contribution in [2.24, 2.45) is 0 Å². The van der Waals surface area contributed by atoms with Crippen LogP contribution in [-0.2, 0) is 4.79 Å². The summed E-state index contributed by atoms with van der Waals surface area (Å²) in [6.45, 7) is 6.08. The second-order valence-corrected chi connectivity index (χ2v) is 4.98. The molecule has 1 aromatic carbocycles. The van der Waals surface area contributed by atoms with Gasteiger partial charge in [-0.3, -0.25) is 4.79 Å². The maximum absolute atomic E-state index is 12.4. The van der Waals surface area contributed by atoms with Crippen LogP contribution in [0.25, 0.3) is 0 Å². The van der Waals surface area contributed by atoms with Crippen LogP contribution in [0.5, 0.6) is 0 Å². The summed E-state index contributed by atoms with van der Waals surface area (Å²) in [7, 11) is 0. The Kier molecular flexibility index (Phi) is 4.30. The van der Waals surface area contributed by atoms with Gasteiger partial charge in [0.15, 0.2) is 0 Å². The van der Waals surface area contributed by atoms with Gasteiger partial charge in [0.2, 0.25) is 5.91 Å². The number of nitrogens with two attached hydrogens (primary N) is 1. The summed E-state index contributed by atoms with van der Waals surface area (Å²) in [6, 6.07) is 8.19. The van der Waals surface area contributed by atoms with Crippen molar-refractivity contribution in [3.8, 4) is 0 Å². The van der Waals surface area contributed by atoms with E-state index < -0.39 is 0 Å². The molecule has 0 atom stereocenters. The zero-order chi connectivity index (χ0) is 13.8. The van der Waals surface area contributed by atoms with E-state index in [9.17, 15) is 4.79 Å². The smallest absolute Gasteiger partial charge is 0.242 e. The molecule has 0 aliphatic heterocycles. The van der Waals surface area contributed by atoms with Gasteiger partial charge in [0, 0.05) is 19.1 Å². The Hall–Kier alpha value is -1.71. The Balaban J connectivity index is 2.06. The zero-order valence-electron chi connectivity index (χ0n) is 11.8. The van der Waals surface area contributed by atoms with Crippen LogP contribution in [0.15, 0.2) is 24.3 Å². The average Bonchev–Trinajstić information content (AvgIpc) is 3.22. The topological polar surface area (TPSA) is 49.6 Å². The quantitative estimate of drug-likeness (QED) is 0.798. The lowest BCUT2D eigenvalue weighted by molar-refractivity contribution is -0.130. The Labute approximate surface area is 115 Å². The van der Waals surface area contributed by atoms with Gasteiger partial charge in [-0.1, -0.05) is 12.1 Å². The Morgan fingerprint density at radius 2 is 1.95 bits per heavy atom. The first-order valence-corrected chi connectivity index (χ1v) is 7.06. The van der Waals surface area contributed by atoms with E-state index in [1.807, 2.05) is 47.9 Å². The van der Waals surface area contributed by atoms with E-state index in [1.165, 1.54) is 0 Å². The molecular weight excluding hydrogens is 238 g/mol. The van der Waals surface area contributed by atoms with Gasteiger partial charge < -0.3 is 15.5 Å². The van der Waals surface area contributed by atoms with Crippen LogP contribution >= 0.6 is 0 Å². The van der Waals surface area contributed by atoms with Crippen LogP contribution < -0.4 is 10.6 Å². The van der Waals surface area contributed by atoms with Gasteiger partial charge in [0.05, 0.1) is 17.9 Å². The molecule has 0 heterocycles. The molecule has 1 aliphatic rings. The number of nitrogen functional groups attached to an aromatic ring is 1. The Morgan fingerprint density at radius 3 is 2.47 bits per heavy atom. The fraction of sp³-hybridized carbons (Fsp3) is 0.533. The fourth-order valence-electron chi connectivity index (χ4n) is 2.42. The number of nitrogens with zero attached hydrogens (tertiary/aromatic N) is 2. The van der Waals surface area contributed by atoms with Gasteiger partial charge in [0.1, 0.15) is 0 Å². The summed E-state index contributed by atoms with van der Waals surface area (Å²) in [6.07, 6.45) is 2.30. The molecule has 1 saturated carbocycles. The van der Waals surface area contributed by atoms with E-state index in [0.717, 1.165) is 37.3 Å². The predicted molar refractivity (Wildman–Crippen MR) is 79.2 cm³/mol. The van der Waals surface area contributed by atoms with Crippen molar-refractivity contribution in [1.82, 2.24) is 4.90 Å². The number of amides is 1. The minimum atomic E-state index is 0.204. The van der Waals surface area contributed by atoms with Crippen LogP contribution in [0.4, 0.5) is 11.4 Å². The lowest BCUT2D eigenvalue weighted by Gasteiger charge is -2.28. The van der Waals surface area contributed by atoms with Crippen LogP contribution in [0.1, 0.15) is 26.7 Å². The summed E-state index contributed by atoms with van der Waals surface area (Å²) >= 11 is 0. The molecule has 1 amide bonds. The molecule has 104 valence electrons. The summed E-state index contributed by atoms with van der Waals surface area (Å²) in [5, 5.41) is 0. The summed E-state index contributed by atoms with van der Waals surface area (Å²) < 4.78 is 0. The number of hydrogen-bond donors (Lipinski definition) is 1. The van der Waals surface area contributed by atoms with E-state index in [4.69, 9.17) is 5.73 Å². The SMILES string of the molecule is CCN(CC(=O)N(CC)C1CC1)c1ccccc1N. The van der Waals surface area contributed by atoms with Crippen LogP contribution in [0, 0.1) is 0 Å².